The molecule has 30 nitrogen and oxygen atoms in total. The molecule has 0 aromatic heterocycles. The summed E-state index contributed by atoms with van der Waals surface area (Å²) in [6.45, 7) is -0.737. The Hall–Kier alpha value is -1.94. The number of carbonyl (C=O) groups excluding carboxylic acids is 2. The van der Waals surface area contributed by atoms with Crippen LogP contribution in [0.4, 0.5) is 0 Å². The zero-order valence-electron chi connectivity index (χ0n) is 36.7. The van der Waals surface area contributed by atoms with Crippen LogP contribution < -0.4 is 5.32 Å². The lowest BCUT2D eigenvalue weighted by molar-refractivity contribution is -0.399. The molecule has 1 amide bonds. The lowest BCUT2D eigenvalue weighted by Crippen LogP contribution is -2.71. The molecule has 0 aromatic rings. The van der Waals surface area contributed by atoms with E-state index < -0.39 is 210 Å². The van der Waals surface area contributed by atoms with Crippen molar-refractivity contribution in [1.82, 2.24) is 5.32 Å². The number of amides is 1. The van der Waals surface area contributed by atoms with Crippen molar-refractivity contribution in [3.63, 3.8) is 0 Å². The van der Waals surface area contributed by atoms with Crippen LogP contribution >= 0.6 is 0 Å². The summed E-state index contributed by atoms with van der Waals surface area (Å²) in [4.78, 5) is 24.3. The van der Waals surface area contributed by atoms with E-state index in [9.17, 15) is 96.4 Å². The molecule has 5 saturated heterocycles. The fourth-order valence-electron chi connectivity index (χ4n) is 8.32. The monoisotopic (exact) mass is 999 g/mol. The van der Waals surface area contributed by atoms with E-state index in [1.54, 1.807) is 0 Å². The van der Waals surface area contributed by atoms with Gasteiger partial charge >= 0.3 is 0 Å². The molecule has 5 aliphatic heterocycles. The van der Waals surface area contributed by atoms with Crippen LogP contribution in [0.5, 0.6) is 0 Å². The van der Waals surface area contributed by atoms with Gasteiger partial charge in [-0.15, -0.1) is 0 Å². The highest BCUT2D eigenvalue weighted by atomic mass is 16.8. The molecule has 396 valence electrons. The van der Waals surface area contributed by atoms with Crippen LogP contribution in [0.3, 0.4) is 0 Å². The van der Waals surface area contributed by atoms with Gasteiger partial charge in [-0.1, -0.05) is 0 Å². The molecule has 0 aliphatic carbocycles. The molecule has 29 atom stereocenters. The third kappa shape index (κ3) is 12.3. The number of hydrogen-bond acceptors (Lipinski definition) is 29. The minimum Gasteiger partial charge on any atom is -0.394 e. The fourth-order valence-corrected chi connectivity index (χ4v) is 8.32. The number of aldehydes is 1. The molecule has 5 aliphatic rings. The van der Waals surface area contributed by atoms with Gasteiger partial charge < -0.3 is 144 Å². The van der Waals surface area contributed by atoms with Crippen LogP contribution in [0.1, 0.15) is 20.8 Å². The second kappa shape index (κ2) is 24.7. The summed E-state index contributed by atoms with van der Waals surface area (Å²) in [5, 5.41) is 183. The molecule has 5 fully saturated rings. The summed E-state index contributed by atoms with van der Waals surface area (Å²) in [6, 6.07) is -1.90. The minimum atomic E-state index is -2.29. The lowest BCUT2D eigenvalue weighted by Gasteiger charge is -2.52. The molecule has 0 radical (unpaired) electrons. The van der Waals surface area contributed by atoms with Gasteiger partial charge in [-0.3, -0.25) is 4.79 Å². The first-order chi connectivity index (χ1) is 32.0. The van der Waals surface area contributed by atoms with Gasteiger partial charge in [0, 0.05) is 6.92 Å². The predicted octanol–water partition coefficient (Wildman–Crippen LogP) is -12.1. The van der Waals surface area contributed by atoms with Crippen LogP contribution in [0.25, 0.3) is 0 Å². The van der Waals surface area contributed by atoms with Crippen LogP contribution in [0, 0.1) is 0 Å². The quantitative estimate of drug-likeness (QED) is 0.0534. The van der Waals surface area contributed by atoms with E-state index in [0.29, 0.717) is 0 Å². The first-order valence-electron chi connectivity index (χ1n) is 21.6. The summed E-state index contributed by atoms with van der Waals surface area (Å²) in [5.74, 6) is -0.921. The molecule has 30 heteroatoms. The Kier molecular flexibility index (Phi) is 20.7. The Labute approximate surface area is 386 Å². The Morgan fingerprint density at radius 2 is 1.00 bits per heavy atom. The first-order valence-corrected chi connectivity index (χ1v) is 21.6. The number of aliphatic hydroxyl groups is 17. The molecule has 0 aromatic carbocycles. The number of hydrogen-bond donors (Lipinski definition) is 18. The third-order valence-electron chi connectivity index (χ3n) is 12.3. The number of nitrogens with one attached hydrogen (secondary N) is 1. The van der Waals surface area contributed by atoms with Crippen molar-refractivity contribution >= 4 is 12.2 Å². The lowest BCUT2D eigenvalue weighted by atomic mass is 9.93. The topological polar surface area (TPSA) is 482 Å². The Morgan fingerprint density at radius 1 is 0.529 bits per heavy atom. The van der Waals surface area contributed by atoms with Gasteiger partial charge in [0.05, 0.1) is 38.6 Å². The first kappa shape index (κ1) is 57.0. The molecular formula is C38H65NO29. The molecule has 0 saturated carbocycles. The molecular weight excluding hydrogens is 934 g/mol. The predicted molar refractivity (Wildman–Crippen MR) is 209 cm³/mol. The summed E-state index contributed by atoms with van der Waals surface area (Å²) in [5.41, 5.74) is 0. The van der Waals surface area contributed by atoms with Crippen LogP contribution in [-0.2, 0) is 57.0 Å². The third-order valence-corrected chi connectivity index (χ3v) is 12.3. The average molecular weight is 1000 g/mol. The Balaban J connectivity index is 1.58. The second-order valence-corrected chi connectivity index (χ2v) is 17.1. The maximum Gasteiger partial charge on any atom is 0.217 e. The largest absolute Gasteiger partial charge is 0.394 e. The van der Waals surface area contributed by atoms with Crippen molar-refractivity contribution in [3.8, 4) is 0 Å². The second-order valence-electron chi connectivity index (χ2n) is 17.1. The normalized spacial score (nSPS) is 47.7. The van der Waals surface area contributed by atoms with E-state index in [1.165, 1.54) is 13.8 Å². The van der Waals surface area contributed by atoms with Crippen molar-refractivity contribution in [1.29, 1.82) is 0 Å². The van der Waals surface area contributed by atoms with E-state index in [-0.39, 0.29) is 6.29 Å². The van der Waals surface area contributed by atoms with E-state index in [4.69, 9.17) is 47.4 Å². The molecule has 0 unspecified atom stereocenters. The van der Waals surface area contributed by atoms with E-state index >= 15 is 0 Å². The van der Waals surface area contributed by atoms with Gasteiger partial charge in [-0.25, -0.2) is 0 Å². The molecule has 0 spiro atoms. The number of rotatable bonds is 19. The Bertz CT molecular complexity index is 1580. The van der Waals surface area contributed by atoms with Crippen molar-refractivity contribution in [2.24, 2.45) is 0 Å². The average Bonchev–Trinajstić information content (AvgIpc) is 3.31. The maximum absolute atomic E-state index is 13.1. The van der Waals surface area contributed by atoms with Crippen molar-refractivity contribution in [3.05, 3.63) is 0 Å². The smallest absolute Gasteiger partial charge is 0.217 e. The highest BCUT2D eigenvalue weighted by Gasteiger charge is 2.58. The van der Waals surface area contributed by atoms with Crippen molar-refractivity contribution in [2.45, 2.75) is 199 Å². The van der Waals surface area contributed by atoms with Crippen LogP contribution in [0.2, 0.25) is 0 Å². The summed E-state index contributed by atoms with van der Waals surface area (Å²) >= 11 is 0. The van der Waals surface area contributed by atoms with Gasteiger partial charge in [0.2, 0.25) is 5.91 Å². The zero-order chi connectivity index (χ0) is 50.6. The van der Waals surface area contributed by atoms with Gasteiger partial charge in [0.15, 0.2) is 37.7 Å². The summed E-state index contributed by atoms with van der Waals surface area (Å²) in [6.07, 6.45) is -54.3. The van der Waals surface area contributed by atoms with Gasteiger partial charge in [-0.2, -0.15) is 0 Å². The maximum atomic E-state index is 13.1. The van der Waals surface area contributed by atoms with Crippen molar-refractivity contribution < 1.29 is 144 Å². The molecule has 5 rings (SSSR count). The minimum absolute atomic E-state index is 0.138. The molecule has 68 heavy (non-hydrogen) atoms. The molecule has 5 heterocycles. The highest BCUT2D eigenvalue weighted by Crippen LogP contribution is 2.37. The number of ether oxygens (including phenoxy) is 10. The van der Waals surface area contributed by atoms with Crippen LogP contribution in [-0.4, -0.2) is 303 Å². The molecule has 18 N–H and O–H groups in total. The van der Waals surface area contributed by atoms with Crippen LogP contribution in [0.15, 0.2) is 0 Å². The van der Waals surface area contributed by atoms with Gasteiger partial charge in [-0.05, 0) is 13.8 Å². The number of carbonyl (C=O) groups is 2. The van der Waals surface area contributed by atoms with E-state index in [0.717, 1.165) is 6.92 Å². The Morgan fingerprint density at radius 3 is 1.50 bits per heavy atom. The van der Waals surface area contributed by atoms with Gasteiger partial charge in [0.1, 0.15) is 134 Å². The summed E-state index contributed by atoms with van der Waals surface area (Å²) < 4.78 is 58.3. The fraction of sp³-hybridized carbons (Fsp3) is 0.947. The number of aliphatic hydroxyl groups excluding tert-OH is 17. The zero-order valence-corrected chi connectivity index (χ0v) is 36.7. The van der Waals surface area contributed by atoms with Crippen molar-refractivity contribution in [2.75, 3.05) is 26.4 Å². The van der Waals surface area contributed by atoms with Gasteiger partial charge in [0.25, 0.3) is 0 Å². The standard InChI is InChI=1S/C38H65NO29/c1-9-18(48)23(53)26(56)35(59-9)65-30-16(8-44)63-34(67-32-22(52)15(7-43)61-37(28(32)58)64-29(13(47)5-41)20(50)12(46)4-40)17(39-11(3)45)31(30)66-38-33(25(55)21(51)14(6-42)62-38)68-36-27(57)24(54)19(49)10(2)60-36/h4,9-10,12-38,41-44,46-58H,5-8H2,1-3H3,(H,39,45)/t9-,10-,12+,13-,14+,15-,16-,17+,18+,19+,20+,21-,22+,23+,24+,25-,26-,27-,28-,29-,30-,31+,32+,33+,34-,35-,36-,37+,38-/m0/s1. The van der Waals surface area contributed by atoms with E-state index in [2.05, 4.69) is 5.32 Å². The highest BCUT2D eigenvalue weighted by molar-refractivity contribution is 5.73. The molecule has 0 bridgehead atoms. The SMILES string of the molecule is CC(=O)N[C@H]1[C@H](O[C@H]2[C@H](O)[C@@H](O[C@H]([C@H](O)[C@H](O)C=O)[C@@H](O)CO)O[C@@H](CO)[C@H]2O)O[C@@H](CO)[C@H](O[C@@H]2O[C@@H](C)[C@@H](O)[C@@H](O)[C@@H]2O)[C@@H]1O[C@@H]1O[C@H](CO)[C@H](O)[C@H](O)[C@H]1O[C@@H]1O[C@@H](C)[C@@H](O)[C@@H](O)[C@@H]1O. The van der Waals surface area contributed by atoms with E-state index in [1.807, 2.05) is 0 Å². The summed E-state index contributed by atoms with van der Waals surface area (Å²) in [7, 11) is 0.